The van der Waals surface area contributed by atoms with Crippen molar-refractivity contribution in [1.29, 1.82) is 0 Å². The Morgan fingerprint density at radius 1 is 0.543 bits per heavy atom. The minimum Gasteiger partial charge on any atom is -0.335 e. The quantitative estimate of drug-likeness (QED) is 0.145. The van der Waals surface area contributed by atoms with Gasteiger partial charge in [-0.1, -0.05) is 140 Å². The molecule has 2 nitrogen and oxygen atoms in total. The molecule has 2 aromatic rings. The van der Waals surface area contributed by atoms with Crippen molar-refractivity contribution in [1.82, 2.24) is 9.55 Å². The van der Waals surface area contributed by atoms with Gasteiger partial charge in [-0.25, -0.2) is 4.98 Å². The molecule has 0 bridgehead atoms. The molecule has 0 aliphatic carbocycles. The van der Waals surface area contributed by atoms with E-state index < -0.39 is 0 Å². The molecule has 0 atom stereocenters. The summed E-state index contributed by atoms with van der Waals surface area (Å²) >= 11 is 0. The van der Waals surface area contributed by atoms with Gasteiger partial charge in [0.15, 0.2) is 0 Å². The summed E-state index contributed by atoms with van der Waals surface area (Å²) in [6.45, 7) is 5.68. The molecule has 0 saturated carbocycles. The molecule has 0 radical (unpaired) electrons. The SMILES string of the molecule is CCCCCCCCCCCCCCCCCCc1nc(CCCc2ccccc2)cn1CCC. The third-order valence-corrected chi connectivity index (χ3v) is 7.37. The van der Waals surface area contributed by atoms with E-state index in [1.807, 2.05) is 0 Å². The molecule has 0 spiro atoms. The topological polar surface area (TPSA) is 17.8 Å². The van der Waals surface area contributed by atoms with Crippen molar-refractivity contribution in [3.8, 4) is 0 Å². The highest BCUT2D eigenvalue weighted by atomic mass is 15.1. The molecule has 0 N–H and O–H groups in total. The fraction of sp³-hybridized carbons (Fsp3) is 0.727. The summed E-state index contributed by atoms with van der Waals surface area (Å²) in [5.74, 6) is 1.33. The maximum Gasteiger partial charge on any atom is 0.108 e. The van der Waals surface area contributed by atoms with E-state index in [0.717, 1.165) is 25.8 Å². The molecule has 0 unspecified atom stereocenters. The van der Waals surface area contributed by atoms with Gasteiger partial charge in [-0.2, -0.15) is 0 Å². The van der Waals surface area contributed by atoms with Gasteiger partial charge in [0.1, 0.15) is 5.82 Å². The first-order chi connectivity index (χ1) is 17.3. The lowest BCUT2D eigenvalue weighted by Gasteiger charge is -2.06. The fourth-order valence-electron chi connectivity index (χ4n) is 5.22. The monoisotopic (exact) mass is 480 g/mol. The van der Waals surface area contributed by atoms with Crippen molar-refractivity contribution < 1.29 is 0 Å². The highest BCUT2D eigenvalue weighted by molar-refractivity contribution is 5.15. The number of hydrogen-bond donors (Lipinski definition) is 0. The van der Waals surface area contributed by atoms with E-state index in [4.69, 9.17) is 4.98 Å². The molecule has 0 saturated heterocycles. The van der Waals surface area contributed by atoms with Crippen LogP contribution in [0.25, 0.3) is 0 Å². The van der Waals surface area contributed by atoms with E-state index in [2.05, 4.69) is 54.9 Å². The van der Waals surface area contributed by atoms with E-state index in [0.29, 0.717) is 0 Å². The Hall–Kier alpha value is -1.57. The Labute approximate surface area is 218 Å². The first-order valence-electron chi connectivity index (χ1n) is 15.4. The maximum absolute atomic E-state index is 5.03. The molecule has 1 aromatic carbocycles. The van der Waals surface area contributed by atoms with E-state index >= 15 is 0 Å². The lowest BCUT2D eigenvalue weighted by Crippen LogP contribution is -2.02. The zero-order valence-corrected chi connectivity index (χ0v) is 23.4. The third kappa shape index (κ3) is 14.6. The Balaban J connectivity index is 1.47. The second-order valence-corrected chi connectivity index (χ2v) is 10.7. The van der Waals surface area contributed by atoms with E-state index in [9.17, 15) is 0 Å². The van der Waals surface area contributed by atoms with Crippen molar-refractivity contribution in [3.63, 3.8) is 0 Å². The fourth-order valence-corrected chi connectivity index (χ4v) is 5.22. The van der Waals surface area contributed by atoms with E-state index in [1.54, 1.807) is 0 Å². The molecule has 0 aliphatic rings. The summed E-state index contributed by atoms with van der Waals surface area (Å²) in [5, 5.41) is 0. The number of benzene rings is 1. The minimum atomic E-state index is 1.09. The smallest absolute Gasteiger partial charge is 0.108 e. The summed E-state index contributed by atoms with van der Waals surface area (Å²) in [5.41, 5.74) is 2.73. The van der Waals surface area contributed by atoms with Crippen LogP contribution in [-0.4, -0.2) is 9.55 Å². The zero-order chi connectivity index (χ0) is 24.8. The lowest BCUT2D eigenvalue weighted by atomic mass is 10.0. The maximum atomic E-state index is 5.03. The molecule has 198 valence electrons. The predicted molar refractivity (Wildman–Crippen MR) is 154 cm³/mol. The number of imidazole rings is 1. The number of aryl methyl sites for hydroxylation is 4. The first-order valence-corrected chi connectivity index (χ1v) is 15.4. The van der Waals surface area contributed by atoms with Gasteiger partial charge in [-0.05, 0) is 37.7 Å². The van der Waals surface area contributed by atoms with Gasteiger partial charge in [-0.3, -0.25) is 0 Å². The van der Waals surface area contributed by atoms with Crippen LogP contribution in [0.3, 0.4) is 0 Å². The average molecular weight is 481 g/mol. The number of aromatic nitrogens is 2. The normalized spacial score (nSPS) is 11.4. The van der Waals surface area contributed by atoms with Gasteiger partial charge in [0, 0.05) is 19.2 Å². The third-order valence-electron chi connectivity index (χ3n) is 7.37. The standard InChI is InChI=1S/C33H56N2/c1-3-5-6-7-8-9-10-11-12-13-14-15-16-17-18-22-28-33-34-32(30-35(33)29-4-2)27-23-26-31-24-20-19-21-25-31/h19-21,24-25,30H,3-18,22-23,26-29H2,1-2H3. The zero-order valence-electron chi connectivity index (χ0n) is 23.4. The van der Waals surface area contributed by atoms with Crippen molar-refractivity contribution in [2.24, 2.45) is 0 Å². The van der Waals surface area contributed by atoms with E-state index in [-0.39, 0.29) is 0 Å². The van der Waals surface area contributed by atoms with Crippen LogP contribution >= 0.6 is 0 Å². The Kier molecular flexibility index (Phi) is 17.5. The molecular formula is C33H56N2. The van der Waals surface area contributed by atoms with Crippen LogP contribution < -0.4 is 0 Å². The second-order valence-electron chi connectivity index (χ2n) is 10.7. The Bertz CT molecular complexity index is 718. The van der Waals surface area contributed by atoms with Crippen LogP contribution in [-0.2, 0) is 25.8 Å². The molecule has 0 amide bonds. The molecule has 2 rings (SSSR count). The van der Waals surface area contributed by atoms with Crippen LogP contribution in [0.4, 0.5) is 0 Å². The first kappa shape index (κ1) is 29.7. The van der Waals surface area contributed by atoms with Crippen molar-refractivity contribution in [2.75, 3.05) is 0 Å². The number of unbranched alkanes of at least 4 members (excludes halogenated alkanes) is 15. The number of hydrogen-bond acceptors (Lipinski definition) is 1. The lowest BCUT2D eigenvalue weighted by molar-refractivity contribution is 0.527. The van der Waals surface area contributed by atoms with Gasteiger partial charge in [0.05, 0.1) is 5.69 Å². The summed E-state index contributed by atoms with van der Waals surface area (Å²) < 4.78 is 2.43. The summed E-state index contributed by atoms with van der Waals surface area (Å²) in [6.07, 6.45) is 30.9. The summed E-state index contributed by atoms with van der Waals surface area (Å²) in [6, 6.07) is 10.8. The van der Waals surface area contributed by atoms with Crippen LogP contribution in [0.5, 0.6) is 0 Å². The molecule has 1 aromatic heterocycles. The number of nitrogens with zero attached hydrogens (tertiary/aromatic N) is 2. The summed E-state index contributed by atoms with van der Waals surface area (Å²) in [7, 11) is 0. The van der Waals surface area contributed by atoms with Gasteiger partial charge >= 0.3 is 0 Å². The van der Waals surface area contributed by atoms with Crippen LogP contribution in [0.2, 0.25) is 0 Å². The Morgan fingerprint density at radius 2 is 1.09 bits per heavy atom. The highest BCUT2D eigenvalue weighted by Gasteiger charge is 2.08. The molecule has 0 fully saturated rings. The van der Waals surface area contributed by atoms with Crippen LogP contribution in [0, 0.1) is 0 Å². The number of rotatable bonds is 23. The van der Waals surface area contributed by atoms with Crippen LogP contribution in [0.1, 0.15) is 147 Å². The molecule has 35 heavy (non-hydrogen) atoms. The van der Waals surface area contributed by atoms with Gasteiger partial charge in [-0.15, -0.1) is 0 Å². The van der Waals surface area contributed by atoms with E-state index in [1.165, 1.54) is 133 Å². The molecule has 0 aliphatic heterocycles. The molecule has 2 heteroatoms. The molecule has 1 heterocycles. The minimum absolute atomic E-state index is 1.09. The van der Waals surface area contributed by atoms with Gasteiger partial charge in [0.2, 0.25) is 0 Å². The van der Waals surface area contributed by atoms with Crippen molar-refractivity contribution in [2.45, 2.75) is 155 Å². The van der Waals surface area contributed by atoms with Gasteiger partial charge in [0.25, 0.3) is 0 Å². The average Bonchev–Trinajstić information content (AvgIpc) is 3.26. The Morgan fingerprint density at radius 3 is 1.63 bits per heavy atom. The van der Waals surface area contributed by atoms with Crippen molar-refractivity contribution >= 4 is 0 Å². The molecular weight excluding hydrogens is 424 g/mol. The second kappa shape index (κ2) is 20.6. The largest absolute Gasteiger partial charge is 0.335 e. The van der Waals surface area contributed by atoms with Crippen molar-refractivity contribution in [3.05, 3.63) is 53.6 Å². The highest BCUT2D eigenvalue weighted by Crippen LogP contribution is 2.16. The van der Waals surface area contributed by atoms with Crippen LogP contribution in [0.15, 0.2) is 36.5 Å². The summed E-state index contributed by atoms with van der Waals surface area (Å²) in [4.78, 5) is 5.03. The predicted octanol–water partition coefficient (Wildman–Crippen LogP) is 10.3. The van der Waals surface area contributed by atoms with Gasteiger partial charge < -0.3 is 4.57 Å².